The van der Waals surface area contributed by atoms with Gasteiger partial charge in [-0.2, -0.15) is 0 Å². The molecule has 12 heteroatoms. The molecular formula is C28H30N4O8. The third kappa shape index (κ3) is 6.63. The molecule has 2 N–H and O–H groups in total. The van der Waals surface area contributed by atoms with E-state index in [4.69, 9.17) is 9.47 Å². The Labute approximate surface area is 230 Å². The number of Topliss-reactive ketones (excluding diaryl/α,β-unsaturated/α-hetero) is 1. The van der Waals surface area contributed by atoms with Gasteiger partial charge in [-0.25, -0.2) is 0 Å². The fourth-order valence-electron chi connectivity index (χ4n) is 4.61. The number of carbonyl (C=O) groups is 6. The van der Waals surface area contributed by atoms with Gasteiger partial charge < -0.3 is 29.8 Å². The summed E-state index contributed by atoms with van der Waals surface area (Å²) in [7, 11) is 0. The van der Waals surface area contributed by atoms with Gasteiger partial charge >= 0.3 is 0 Å². The van der Waals surface area contributed by atoms with Crippen molar-refractivity contribution in [1.82, 2.24) is 10.6 Å². The molecule has 0 saturated carbocycles. The SMILES string of the molecule is CC(=O)C[C@@H](C=O)NC(=O)CN1C(=O)[C@@H](NC(=O)CCc2ccc3c(c2)OCO3)CN(C(C)=O)c2ccccc21. The first-order valence-corrected chi connectivity index (χ1v) is 12.8. The van der Waals surface area contributed by atoms with E-state index in [9.17, 15) is 28.8 Å². The number of aryl methyl sites for hydroxylation is 1. The summed E-state index contributed by atoms with van der Waals surface area (Å²) in [6.45, 7) is 2.15. The van der Waals surface area contributed by atoms with E-state index in [0.717, 1.165) is 5.56 Å². The van der Waals surface area contributed by atoms with E-state index in [1.807, 2.05) is 6.07 Å². The molecule has 210 valence electrons. The Kier molecular flexibility index (Phi) is 8.77. The molecule has 40 heavy (non-hydrogen) atoms. The van der Waals surface area contributed by atoms with Gasteiger partial charge in [0.2, 0.25) is 24.5 Å². The maximum Gasteiger partial charge on any atom is 0.251 e. The molecule has 2 heterocycles. The third-order valence-corrected chi connectivity index (χ3v) is 6.51. The Morgan fingerprint density at radius 2 is 1.75 bits per heavy atom. The number of rotatable bonds is 10. The fraction of sp³-hybridized carbons (Fsp3) is 0.357. The molecule has 0 unspecified atom stereocenters. The van der Waals surface area contributed by atoms with Crippen molar-refractivity contribution in [2.24, 2.45) is 0 Å². The Morgan fingerprint density at radius 1 is 1.02 bits per heavy atom. The van der Waals surface area contributed by atoms with Crippen LogP contribution < -0.4 is 29.9 Å². The number of aldehydes is 1. The number of fused-ring (bicyclic) bond motifs is 2. The van der Waals surface area contributed by atoms with E-state index in [1.54, 1.807) is 36.4 Å². The molecule has 4 amide bonds. The van der Waals surface area contributed by atoms with Gasteiger partial charge in [-0.15, -0.1) is 0 Å². The van der Waals surface area contributed by atoms with E-state index in [-0.39, 0.29) is 37.9 Å². The number of hydrogen-bond donors (Lipinski definition) is 2. The van der Waals surface area contributed by atoms with Crippen molar-refractivity contribution in [2.45, 2.75) is 45.2 Å². The van der Waals surface area contributed by atoms with Gasteiger partial charge in [-0.05, 0) is 43.2 Å². The number of carbonyl (C=O) groups excluding carboxylic acids is 6. The third-order valence-electron chi connectivity index (χ3n) is 6.51. The summed E-state index contributed by atoms with van der Waals surface area (Å²) in [5.74, 6) is -1.10. The molecule has 2 aromatic carbocycles. The highest BCUT2D eigenvalue weighted by Gasteiger charge is 2.37. The second-order valence-corrected chi connectivity index (χ2v) is 9.57. The average molecular weight is 551 g/mol. The first-order valence-electron chi connectivity index (χ1n) is 12.8. The zero-order valence-corrected chi connectivity index (χ0v) is 22.2. The van der Waals surface area contributed by atoms with Crippen LogP contribution in [0.2, 0.25) is 0 Å². The molecule has 0 bridgehead atoms. The highest BCUT2D eigenvalue weighted by Crippen LogP contribution is 2.34. The quantitative estimate of drug-likeness (QED) is 0.414. The molecule has 0 fully saturated rings. The highest BCUT2D eigenvalue weighted by molar-refractivity contribution is 6.09. The number of anilines is 2. The summed E-state index contributed by atoms with van der Waals surface area (Å²) in [5, 5.41) is 5.17. The lowest BCUT2D eigenvalue weighted by Gasteiger charge is -2.25. The molecule has 2 aromatic rings. The maximum absolute atomic E-state index is 13.7. The number of benzene rings is 2. The lowest BCUT2D eigenvalue weighted by Crippen LogP contribution is -2.54. The summed E-state index contributed by atoms with van der Waals surface area (Å²) >= 11 is 0. The predicted octanol–water partition coefficient (Wildman–Crippen LogP) is 0.895. The molecule has 2 aliphatic rings. The van der Waals surface area contributed by atoms with Gasteiger partial charge in [0.05, 0.1) is 24.0 Å². The van der Waals surface area contributed by atoms with Crippen LogP contribution in [0.1, 0.15) is 32.3 Å². The van der Waals surface area contributed by atoms with Crippen molar-refractivity contribution >= 4 is 47.1 Å². The van der Waals surface area contributed by atoms with Gasteiger partial charge in [0.15, 0.2) is 11.5 Å². The first kappa shape index (κ1) is 28.3. The summed E-state index contributed by atoms with van der Waals surface area (Å²) < 4.78 is 10.7. The Hall–Kier alpha value is -4.74. The van der Waals surface area contributed by atoms with Gasteiger partial charge in [0, 0.05) is 19.8 Å². The number of para-hydroxylation sites is 2. The van der Waals surface area contributed by atoms with Crippen LogP contribution in [-0.4, -0.2) is 67.7 Å². The standard InChI is InChI=1S/C28H30N4O8/c1-17(34)11-20(15-33)29-27(37)14-32-23-6-4-3-5-22(23)31(18(2)35)13-21(28(32)38)30-26(36)10-8-19-7-9-24-25(12-19)40-16-39-24/h3-7,9,12,15,20-21H,8,10-11,13-14,16H2,1-2H3,(H,29,37)(H,30,36)/t20-,21-/m0/s1. The normalized spacial score (nSPS) is 16.4. The molecule has 0 aliphatic carbocycles. The van der Waals surface area contributed by atoms with Gasteiger partial charge in [-0.1, -0.05) is 18.2 Å². The van der Waals surface area contributed by atoms with Crippen LogP contribution in [0.4, 0.5) is 11.4 Å². The minimum absolute atomic E-state index is 0.0585. The molecule has 0 aromatic heterocycles. The van der Waals surface area contributed by atoms with Crippen molar-refractivity contribution in [1.29, 1.82) is 0 Å². The average Bonchev–Trinajstić information content (AvgIpc) is 3.36. The summed E-state index contributed by atoms with van der Waals surface area (Å²) in [4.78, 5) is 77.4. The minimum atomic E-state index is -1.15. The van der Waals surface area contributed by atoms with E-state index in [1.165, 1.54) is 23.6 Å². The lowest BCUT2D eigenvalue weighted by molar-refractivity contribution is -0.129. The second kappa shape index (κ2) is 12.4. The number of nitrogens with zero attached hydrogens (tertiary/aromatic N) is 2. The monoisotopic (exact) mass is 550 g/mol. The topological polar surface area (TPSA) is 151 Å². The molecule has 12 nitrogen and oxygen atoms in total. The number of nitrogens with one attached hydrogen (secondary N) is 2. The zero-order valence-electron chi connectivity index (χ0n) is 22.2. The molecule has 0 spiro atoms. The number of hydrogen-bond acceptors (Lipinski definition) is 8. The molecule has 0 radical (unpaired) electrons. The Balaban J connectivity index is 1.52. The predicted molar refractivity (Wildman–Crippen MR) is 143 cm³/mol. The summed E-state index contributed by atoms with van der Waals surface area (Å²) in [6.07, 6.45) is 0.705. The van der Waals surface area contributed by atoms with Gasteiger partial charge in [0.1, 0.15) is 24.7 Å². The van der Waals surface area contributed by atoms with Crippen LogP contribution in [0.15, 0.2) is 42.5 Å². The maximum atomic E-state index is 13.7. The van der Waals surface area contributed by atoms with Crippen molar-refractivity contribution in [3.63, 3.8) is 0 Å². The number of ether oxygens (including phenoxy) is 2. The highest BCUT2D eigenvalue weighted by atomic mass is 16.7. The van der Waals surface area contributed by atoms with E-state index < -0.39 is 36.3 Å². The largest absolute Gasteiger partial charge is 0.454 e. The number of amides is 4. The minimum Gasteiger partial charge on any atom is -0.454 e. The van der Waals surface area contributed by atoms with E-state index >= 15 is 0 Å². The lowest BCUT2D eigenvalue weighted by atomic mass is 10.1. The Bertz CT molecular complexity index is 1340. The number of ketones is 1. The second-order valence-electron chi connectivity index (χ2n) is 9.57. The van der Waals surface area contributed by atoms with Crippen molar-refractivity contribution < 1.29 is 38.2 Å². The van der Waals surface area contributed by atoms with Crippen LogP contribution in [0.3, 0.4) is 0 Å². The fourth-order valence-corrected chi connectivity index (χ4v) is 4.61. The molecule has 2 atom stereocenters. The summed E-state index contributed by atoms with van der Waals surface area (Å²) in [6, 6.07) is 9.77. The van der Waals surface area contributed by atoms with Crippen molar-refractivity contribution in [3.8, 4) is 11.5 Å². The summed E-state index contributed by atoms with van der Waals surface area (Å²) in [5.41, 5.74) is 1.53. The Morgan fingerprint density at radius 3 is 2.45 bits per heavy atom. The van der Waals surface area contributed by atoms with E-state index in [0.29, 0.717) is 35.6 Å². The molecule has 2 aliphatic heterocycles. The van der Waals surface area contributed by atoms with E-state index in [2.05, 4.69) is 10.6 Å². The first-order chi connectivity index (χ1) is 19.2. The van der Waals surface area contributed by atoms with Crippen LogP contribution >= 0.6 is 0 Å². The van der Waals surface area contributed by atoms with Crippen LogP contribution in [0.25, 0.3) is 0 Å². The van der Waals surface area contributed by atoms with Gasteiger partial charge in [-0.3, -0.25) is 28.9 Å². The smallest absolute Gasteiger partial charge is 0.251 e. The molecule has 0 saturated heterocycles. The van der Waals surface area contributed by atoms with Gasteiger partial charge in [0.25, 0.3) is 5.91 Å². The van der Waals surface area contributed by atoms with Crippen LogP contribution in [0.5, 0.6) is 11.5 Å². The molecule has 4 rings (SSSR count). The zero-order chi connectivity index (χ0) is 28.8. The van der Waals surface area contributed by atoms with Crippen molar-refractivity contribution in [2.75, 3.05) is 29.7 Å². The van der Waals surface area contributed by atoms with Crippen LogP contribution in [0, 0.1) is 0 Å². The van der Waals surface area contributed by atoms with Crippen molar-refractivity contribution in [3.05, 3.63) is 48.0 Å². The van der Waals surface area contributed by atoms with Crippen LogP contribution in [-0.2, 0) is 35.2 Å². The molecular weight excluding hydrogens is 520 g/mol.